The van der Waals surface area contributed by atoms with Gasteiger partial charge in [-0.3, -0.25) is 4.79 Å². The van der Waals surface area contributed by atoms with Crippen molar-refractivity contribution in [2.45, 2.75) is 43.7 Å². The average Bonchev–Trinajstić information content (AvgIpc) is 2.45. The van der Waals surface area contributed by atoms with Crippen LogP contribution in [0.1, 0.15) is 43.8 Å². The van der Waals surface area contributed by atoms with Gasteiger partial charge in [-0.15, -0.1) is 0 Å². The maximum absolute atomic E-state index is 11.8. The lowest BCUT2D eigenvalue weighted by atomic mass is 9.81. The first kappa shape index (κ1) is 16.6. The number of primary amides is 1. The lowest BCUT2D eigenvalue weighted by Crippen LogP contribution is -2.57. The van der Waals surface area contributed by atoms with Crippen LogP contribution >= 0.6 is 23.2 Å². The molecule has 0 saturated heterocycles. The van der Waals surface area contributed by atoms with Gasteiger partial charge in [0.2, 0.25) is 5.91 Å². The van der Waals surface area contributed by atoms with E-state index in [-0.39, 0.29) is 12.5 Å². The Kier molecular flexibility index (Phi) is 5.49. The van der Waals surface area contributed by atoms with E-state index < -0.39 is 11.6 Å². The highest BCUT2D eigenvalue weighted by Crippen LogP contribution is 2.30. The number of hydrogen-bond acceptors (Lipinski definition) is 3. The van der Waals surface area contributed by atoms with Crippen molar-refractivity contribution >= 4 is 29.1 Å². The van der Waals surface area contributed by atoms with Crippen LogP contribution in [0.3, 0.4) is 0 Å². The molecule has 1 aliphatic carbocycles. The van der Waals surface area contributed by atoms with Crippen LogP contribution in [0.5, 0.6) is 0 Å². The molecule has 1 fully saturated rings. The predicted octanol–water partition coefficient (Wildman–Crippen LogP) is 2.80. The number of carbonyl (C=O) groups excluding carboxylic acids is 1. The summed E-state index contributed by atoms with van der Waals surface area (Å²) >= 11 is 11.9. The van der Waals surface area contributed by atoms with Crippen molar-refractivity contribution in [2.75, 3.05) is 6.54 Å². The van der Waals surface area contributed by atoms with Gasteiger partial charge in [-0.2, -0.15) is 0 Å². The third kappa shape index (κ3) is 3.89. The number of benzene rings is 1. The summed E-state index contributed by atoms with van der Waals surface area (Å²) in [5.74, 6) is -0.350. The predicted molar refractivity (Wildman–Crippen MR) is 84.4 cm³/mol. The van der Waals surface area contributed by atoms with E-state index in [0.29, 0.717) is 28.5 Å². The molecule has 1 unspecified atom stereocenters. The van der Waals surface area contributed by atoms with E-state index >= 15 is 0 Å². The van der Waals surface area contributed by atoms with Gasteiger partial charge < -0.3 is 16.2 Å². The van der Waals surface area contributed by atoms with Gasteiger partial charge in [0.1, 0.15) is 0 Å². The first-order valence-electron chi connectivity index (χ1n) is 7.12. The molecular formula is C15H20Cl2N2O2. The third-order valence-electron chi connectivity index (χ3n) is 4.13. The number of nitrogens with two attached hydrogens (primary N) is 1. The second-order valence-corrected chi connectivity index (χ2v) is 6.41. The molecule has 1 atom stereocenters. The van der Waals surface area contributed by atoms with Crippen LogP contribution in [0.15, 0.2) is 18.2 Å². The summed E-state index contributed by atoms with van der Waals surface area (Å²) in [6.07, 6.45) is 3.66. The molecule has 0 aliphatic heterocycles. The molecule has 1 saturated carbocycles. The second kappa shape index (κ2) is 6.97. The Balaban J connectivity index is 2.05. The molecule has 1 aromatic rings. The van der Waals surface area contributed by atoms with Crippen LogP contribution in [0.4, 0.5) is 0 Å². The van der Waals surface area contributed by atoms with E-state index in [2.05, 4.69) is 5.32 Å². The van der Waals surface area contributed by atoms with Crippen molar-refractivity contribution < 1.29 is 9.90 Å². The number of nitrogens with one attached hydrogen (secondary N) is 1. The van der Waals surface area contributed by atoms with Crippen molar-refractivity contribution in [3.63, 3.8) is 0 Å². The fraction of sp³-hybridized carbons (Fsp3) is 0.533. The number of aliphatic hydroxyl groups excluding tert-OH is 1. The molecule has 0 radical (unpaired) electrons. The molecule has 0 aromatic heterocycles. The summed E-state index contributed by atoms with van der Waals surface area (Å²) in [5.41, 5.74) is 5.43. The van der Waals surface area contributed by atoms with Crippen LogP contribution in [0.25, 0.3) is 0 Å². The Morgan fingerprint density at radius 3 is 2.57 bits per heavy atom. The summed E-state index contributed by atoms with van der Waals surface area (Å²) in [6, 6.07) is 4.96. The van der Waals surface area contributed by atoms with Gasteiger partial charge in [0.25, 0.3) is 0 Å². The van der Waals surface area contributed by atoms with Crippen molar-refractivity contribution in [3.8, 4) is 0 Å². The third-order valence-corrected chi connectivity index (χ3v) is 4.70. The lowest BCUT2D eigenvalue weighted by molar-refractivity contribution is -0.126. The number of hydrogen-bond donors (Lipinski definition) is 3. The van der Waals surface area contributed by atoms with E-state index in [1.54, 1.807) is 18.2 Å². The van der Waals surface area contributed by atoms with Crippen molar-refractivity contribution in [1.82, 2.24) is 5.32 Å². The van der Waals surface area contributed by atoms with Gasteiger partial charge in [0, 0.05) is 22.2 Å². The molecule has 0 heterocycles. The smallest absolute Gasteiger partial charge is 0.237 e. The first-order valence-corrected chi connectivity index (χ1v) is 7.88. The molecule has 21 heavy (non-hydrogen) atoms. The maximum atomic E-state index is 11.8. The van der Waals surface area contributed by atoms with Gasteiger partial charge in [-0.05, 0) is 25.0 Å². The molecule has 6 heteroatoms. The monoisotopic (exact) mass is 330 g/mol. The SMILES string of the molecule is NC(=O)C1(NCC(O)c2ccc(Cl)cc2Cl)CCCCC1. The molecule has 0 spiro atoms. The number of aliphatic hydroxyl groups is 1. The number of carbonyl (C=O) groups is 1. The van der Waals surface area contributed by atoms with Crippen LogP contribution in [0, 0.1) is 0 Å². The van der Waals surface area contributed by atoms with Gasteiger partial charge >= 0.3 is 0 Å². The maximum Gasteiger partial charge on any atom is 0.237 e. The standard InChI is InChI=1S/C15H20Cl2N2O2/c16-10-4-5-11(12(17)8-10)13(20)9-19-15(14(18)21)6-2-1-3-7-15/h4-5,8,13,19-20H,1-3,6-7,9H2,(H2,18,21). The van der Waals surface area contributed by atoms with Crippen LogP contribution in [0.2, 0.25) is 10.0 Å². The van der Waals surface area contributed by atoms with Crippen LogP contribution < -0.4 is 11.1 Å². The summed E-state index contributed by atoms with van der Waals surface area (Å²) in [4.78, 5) is 11.8. The zero-order valence-corrected chi connectivity index (χ0v) is 13.3. The molecule has 116 valence electrons. The van der Waals surface area contributed by atoms with Gasteiger partial charge in [-0.25, -0.2) is 0 Å². The highest BCUT2D eigenvalue weighted by Gasteiger charge is 2.37. The van der Waals surface area contributed by atoms with E-state index in [1.807, 2.05) is 0 Å². The fourth-order valence-electron chi connectivity index (χ4n) is 2.84. The van der Waals surface area contributed by atoms with E-state index in [0.717, 1.165) is 19.3 Å². The van der Waals surface area contributed by atoms with E-state index in [9.17, 15) is 9.90 Å². The van der Waals surface area contributed by atoms with Gasteiger partial charge in [-0.1, -0.05) is 48.5 Å². The molecule has 1 aromatic carbocycles. The Labute approximate surface area is 134 Å². The minimum absolute atomic E-state index is 0.226. The van der Waals surface area contributed by atoms with Crippen LogP contribution in [-0.4, -0.2) is 23.1 Å². The highest BCUT2D eigenvalue weighted by atomic mass is 35.5. The normalized spacial score (nSPS) is 19.2. The number of β-amino-alcohol motifs (C(OH)–C–C–N with tert-alkyl or cyclic N) is 1. The fourth-order valence-corrected chi connectivity index (χ4v) is 3.37. The largest absolute Gasteiger partial charge is 0.387 e. The molecule has 4 nitrogen and oxygen atoms in total. The Morgan fingerprint density at radius 2 is 2.00 bits per heavy atom. The molecule has 1 aliphatic rings. The Hall–Kier alpha value is -0.810. The first-order chi connectivity index (χ1) is 9.94. The van der Waals surface area contributed by atoms with Crippen LogP contribution in [-0.2, 0) is 4.79 Å². The molecule has 4 N–H and O–H groups in total. The molecular weight excluding hydrogens is 311 g/mol. The summed E-state index contributed by atoms with van der Waals surface area (Å²) in [5, 5.41) is 14.4. The van der Waals surface area contributed by atoms with Crippen molar-refractivity contribution in [3.05, 3.63) is 33.8 Å². The van der Waals surface area contributed by atoms with Gasteiger partial charge in [0.05, 0.1) is 11.6 Å². The number of rotatable bonds is 5. The summed E-state index contributed by atoms with van der Waals surface area (Å²) in [6.45, 7) is 0.226. The number of halogens is 2. The summed E-state index contributed by atoms with van der Waals surface area (Å²) in [7, 11) is 0. The topological polar surface area (TPSA) is 75.4 Å². The van der Waals surface area contributed by atoms with Crippen molar-refractivity contribution in [2.24, 2.45) is 5.73 Å². The lowest BCUT2D eigenvalue weighted by Gasteiger charge is -2.36. The van der Waals surface area contributed by atoms with E-state index in [4.69, 9.17) is 28.9 Å². The number of amides is 1. The molecule has 1 amide bonds. The summed E-state index contributed by atoms with van der Waals surface area (Å²) < 4.78 is 0. The zero-order chi connectivity index (χ0) is 15.5. The second-order valence-electron chi connectivity index (χ2n) is 5.57. The van der Waals surface area contributed by atoms with E-state index in [1.165, 1.54) is 0 Å². The minimum atomic E-state index is -0.812. The minimum Gasteiger partial charge on any atom is -0.387 e. The van der Waals surface area contributed by atoms with Crippen molar-refractivity contribution in [1.29, 1.82) is 0 Å². The quantitative estimate of drug-likeness (QED) is 0.777. The Bertz CT molecular complexity index is 516. The highest BCUT2D eigenvalue weighted by molar-refractivity contribution is 6.35. The van der Waals surface area contributed by atoms with Gasteiger partial charge in [0.15, 0.2) is 0 Å². The Morgan fingerprint density at radius 1 is 1.33 bits per heavy atom. The molecule has 2 rings (SSSR count). The average molecular weight is 331 g/mol. The zero-order valence-electron chi connectivity index (χ0n) is 11.7. The molecule has 0 bridgehead atoms.